The molecule has 0 atom stereocenters. The molecule has 0 bridgehead atoms. The molecule has 0 amide bonds. The molecule has 0 heterocycles. The summed E-state index contributed by atoms with van der Waals surface area (Å²) in [4.78, 5) is 12.1. The molecule has 0 aliphatic heterocycles. The van der Waals surface area contributed by atoms with Gasteiger partial charge in [0.25, 0.3) is 0 Å². The highest BCUT2D eigenvalue weighted by Gasteiger charge is 1.95. The maximum Gasteiger partial charge on any atom is 0.121 e. The van der Waals surface area contributed by atoms with Gasteiger partial charge in [0, 0.05) is 33.2 Å². The van der Waals surface area contributed by atoms with Crippen molar-refractivity contribution in [3.05, 3.63) is 0 Å². The van der Waals surface area contributed by atoms with E-state index in [1.54, 1.807) is 7.11 Å². The van der Waals surface area contributed by atoms with E-state index < -0.39 is 0 Å². The van der Waals surface area contributed by atoms with Crippen molar-refractivity contribution in [2.24, 2.45) is 0 Å². The van der Waals surface area contributed by atoms with E-state index in [0.717, 1.165) is 32.4 Å². The van der Waals surface area contributed by atoms with E-state index in [1.807, 2.05) is 7.05 Å². The smallest absolute Gasteiger partial charge is 0.121 e. The van der Waals surface area contributed by atoms with Crippen LogP contribution in [0.2, 0.25) is 0 Å². The molecule has 0 unspecified atom stereocenters. The number of ether oxygens (including phenoxy) is 1. The Morgan fingerprint density at radius 1 is 1.45 bits per heavy atom. The van der Waals surface area contributed by atoms with Crippen molar-refractivity contribution in [2.75, 3.05) is 33.9 Å². The van der Waals surface area contributed by atoms with Crippen LogP contribution in [0.4, 0.5) is 0 Å². The third kappa shape index (κ3) is 7.49. The van der Waals surface area contributed by atoms with E-state index in [9.17, 15) is 4.79 Å². The number of nitrogens with zero attached hydrogens (tertiary/aromatic N) is 1. The monoisotopic (exact) mass is 159 g/mol. The van der Waals surface area contributed by atoms with Crippen LogP contribution in [0.25, 0.3) is 0 Å². The van der Waals surface area contributed by atoms with Gasteiger partial charge in [0.15, 0.2) is 0 Å². The van der Waals surface area contributed by atoms with Crippen LogP contribution in [0.15, 0.2) is 0 Å². The van der Waals surface area contributed by atoms with Crippen LogP contribution in [-0.2, 0) is 9.53 Å². The predicted molar refractivity (Wildman–Crippen MR) is 44.7 cm³/mol. The second-order valence-electron chi connectivity index (χ2n) is 2.60. The lowest BCUT2D eigenvalue weighted by Gasteiger charge is -2.13. The Morgan fingerprint density at radius 3 is 2.73 bits per heavy atom. The van der Waals surface area contributed by atoms with Gasteiger partial charge in [-0.25, -0.2) is 0 Å². The number of aldehydes is 1. The number of carbonyl (C=O) groups excluding carboxylic acids is 1. The lowest BCUT2D eigenvalue weighted by Crippen LogP contribution is -2.22. The zero-order valence-corrected chi connectivity index (χ0v) is 7.38. The van der Waals surface area contributed by atoms with Crippen LogP contribution in [0, 0.1) is 0 Å². The summed E-state index contributed by atoms with van der Waals surface area (Å²) in [5.41, 5.74) is 0. The summed E-state index contributed by atoms with van der Waals surface area (Å²) in [6.45, 7) is 2.65. The summed E-state index contributed by atoms with van der Waals surface area (Å²) >= 11 is 0. The normalized spacial score (nSPS) is 10.5. The first-order chi connectivity index (χ1) is 5.31. The molecule has 0 saturated carbocycles. The molecule has 3 nitrogen and oxygen atoms in total. The van der Waals surface area contributed by atoms with Gasteiger partial charge < -0.3 is 14.4 Å². The van der Waals surface area contributed by atoms with Crippen molar-refractivity contribution in [3.63, 3.8) is 0 Å². The van der Waals surface area contributed by atoms with Gasteiger partial charge >= 0.3 is 0 Å². The van der Waals surface area contributed by atoms with Crippen molar-refractivity contribution >= 4 is 6.29 Å². The molecule has 0 N–H and O–H groups in total. The van der Waals surface area contributed by atoms with Crippen molar-refractivity contribution < 1.29 is 9.53 Å². The van der Waals surface area contributed by atoms with Crippen LogP contribution in [0.1, 0.15) is 12.8 Å². The Hall–Kier alpha value is -0.410. The van der Waals surface area contributed by atoms with Crippen molar-refractivity contribution in [2.45, 2.75) is 12.8 Å². The Kier molecular flexibility index (Phi) is 7.41. The first-order valence-electron chi connectivity index (χ1n) is 3.92. The molecule has 0 fully saturated rings. The van der Waals surface area contributed by atoms with Crippen LogP contribution < -0.4 is 0 Å². The largest absolute Gasteiger partial charge is 0.385 e. The fourth-order valence-corrected chi connectivity index (χ4v) is 0.864. The summed E-state index contributed by atoms with van der Waals surface area (Å²) in [5, 5.41) is 0. The molecule has 0 spiro atoms. The zero-order valence-electron chi connectivity index (χ0n) is 7.38. The fraction of sp³-hybridized carbons (Fsp3) is 0.875. The van der Waals surface area contributed by atoms with Gasteiger partial charge in [-0.05, 0) is 13.5 Å². The quantitative estimate of drug-likeness (QED) is 0.401. The van der Waals surface area contributed by atoms with Crippen LogP contribution in [0.5, 0.6) is 0 Å². The molecule has 0 aromatic carbocycles. The van der Waals surface area contributed by atoms with E-state index in [4.69, 9.17) is 4.74 Å². The van der Waals surface area contributed by atoms with Gasteiger partial charge in [0.2, 0.25) is 0 Å². The first-order valence-corrected chi connectivity index (χ1v) is 3.92. The molecule has 0 aromatic heterocycles. The van der Waals surface area contributed by atoms with E-state index >= 15 is 0 Å². The molecular weight excluding hydrogens is 142 g/mol. The van der Waals surface area contributed by atoms with E-state index in [0.29, 0.717) is 6.42 Å². The van der Waals surface area contributed by atoms with Crippen LogP contribution >= 0.6 is 0 Å². The molecule has 0 rings (SSSR count). The highest BCUT2D eigenvalue weighted by Crippen LogP contribution is 1.88. The number of hydrogen-bond donors (Lipinski definition) is 0. The Morgan fingerprint density at radius 2 is 2.18 bits per heavy atom. The summed E-state index contributed by atoms with van der Waals surface area (Å²) in [7, 11) is 3.71. The van der Waals surface area contributed by atoms with Crippen molar-refractivity contribution in [1.29, 1.82) is 0 Å². The minimum Gasteiger partial charge on any atom is -0.385 e. The van der Waals surface area contributed by atoms with E-state index in [2.05, 4.69) is 4.90 Å². The number of methoxy groups -OCH3 is 1. The van der Waals surface area contributed by atoms with E-state index in [-0.39, 0.29) is 0 Å². The summed E-state index contributed by atoms with van der Waals surface area (Å²) in [6.07, 6.45) is 2.61. The summed E-state index contributed by atoms with van der Waals surface area (Å²) < 4.78 is 4.90. The second kappa shape index (κ2) is 7.69. The number of carbonyl (C=O) groups is 1. The molecule has 0 aliphatic carbocycles. The molecular formula is C8H17NO2. The molecule has 66 valence electrons. The zero-order chi connectivity index (χ0) is 8.53. The Bertz CT molecular complexity index is 96.1. The molecule has 11 heavy (non-hydrogen) atoms. The van der Waals surface area contributed by atoms with Gasteiger partial charge in [-0.15, -0.1) is 0 Å². The van der Waals surface area contributed by atoms with Crippen LogP contribution in [-0.4, -0.2) is 45.0 Å². The third-order valence-electron chi connectivity index (χ3n) is 1.52. The van der Waals surface area contributed by atoms with Gasteiger partial charge in [-0.3, -0.25) is 0 Å². The molecule has 0 radical (unpaired) electrons. The Balaban J connectivity index is 3.08. The lowest BCUT2D eigenvalue weighted by molar-refractivity contribution is -0.108. The molecule has 0 aliphatic rings. The lowest BCUT2D eigenvalue weighted by atomic mass is 10.4. The van der Waals surface area contributed by atoms with Gasteiger partial charge in [0.1, 0.15) is 6.29 Å². The number of rotatable bonds is 7. The average molecular weight is 159 g/mol. The minimum atomic E-state index is 0.628. The SMILES string of the molecule is COCCCN(C)CCC=O. The highest BCUT2D eigenvalue weighted by atomic mass is 16.5. The maximum atomic E-state index is 9.99. The third-order valence-corrected chi connectivity index (χ3v) is 1.52. The number of hydrogen-bond acceptors (Lipinski definition) is 3. The highest BCUT2D eigenvalue weighted by molar-refractivity contribution is 5.49. The summed E-state index contributed by atoms with van der Waals surface area (Å²) in [6, 6.07) is 0. The molecule has 0 aromatic rings. The van der Waals surface area contributed by atoms with E-state index in [1.165, 1.54) is 0 Å². The van der Waals surface area contributed by atoms with Crippen LogP contribution in [0.3, 0.4) is 0 Å². The van der Waals surface area contributed by atoms with Crippen molar-refractivity contribution in [3.8, 4) is 0 Å². The predicted octanol–water partition coefficient (Wildman–Crippen LogP) is 0.544. The molecule has 3 heteroatoms. The van der Waals surface area contributed by atoms with Gasteiger partial charge in [0.05, 0.1) is 0 Å². The van der Waals surface area contributed by atoms with Gasteiger partial charge in [-0.1, -0.05) is 0 Å². The maximum absolute atomic E-state index is 9.99. The second-order valence-corrected chi connectivity index (χ2v) is 2.60. The van der Waals surface area contributed by atoms with Crippen molar-refractivity contribution in [1.82, 2.24) is 4.90 Å². The average Bonchev–Trinajstić information content (AvgIpc) is 2.01. The fourth-order valence-electron chi connectivity index (χ4n) is 0.864. The minimum absolute atomic E-state index is 0.628. The standard InChI is InChI=1S/C8H17NO2/c1-9(5-3-7-10)6-4-8-11-2/h7H,3-6,8H2,1-2H3. The first kappa shape index (κ1) is 10.6. The topological polar surface area (TPSA) is 29.5 Å². The van der Waals surface area contributed by atoms with Gasteiger partial charge in [-0.2, -0.15) is 0 Å². The Labute approximate surface area is 68.3 Å². The summed E-state index contributed by atoms with van der Waals surface area (Å²) in [5.74, 6) is 0. The molecule has 0 saturated heterocycles.